The van der Waals surface area contributed by atoms with Gasteiger partial charge in [-0.25, -0.2) is 4.79 Å². The number of rotatable bonds is 6. The van der Waals surface area contributed by atoms with E-state index in [0.717, 1.165) is 12.1 Å². The molecule has 2 aromatic rings. The molecule has 11 heteroatoms. The van der Waals surface area contributed by atoms with Gasteiger partial charge in [0.2, 0.25) is 0 Å². The second-order valence-electron chi connectivity index (χ2n) is 5.26. The van der Waals surface area contributed by atoms with E-state index in [1.807, 2.05) is 0 Å². The lowest BCUT2D eigenvalue weighted by Gasteiger charge is -2.13. The Balaban J connectivity index is 2.07. The first-order chi connectivity index (χ1) is 12.7. The van der Waals surface area contributed by atoms with E-state index in [2.05, 4.69) is 5.32 Å². The molecule has 0 saturated carbocycles. The van der Waals surface area contributed by atoms with Gasteiger partial charge in [0.15, 0.2) is 6.10 Å². The number of hydrogen-bond donors (Lipinski definition) is 1. The van der Waals surface area contributed by atoms with Crippen molar-refractivity contribution in [3.8, 4) is 0 Å². The Morgan fingerprint density at radius 1 is 1.07 bits per heavy atom. The van der Waals surface area contributed by atoms with Crippen molar-refractivity contribution in [3.63, 3.8) is 0 Å². The molecule has 27 heavy (non-hydrogen) atoms. The van der Waals surface area contributed by atoms with Crippen molar-refractivity contribution in [2.45, 2.75) is 13.0 Å². The number of nitro groups is 2. The second kappa shape index (κ2) is 8.23. The average molecular weight is 394 g/mol. The number of carbonyl (C=O) groups excluding carboxylic acids is 2. The Hall–Kier alpha value is -3.53. The average Bonchev–Trinajstić information content (AvgIpc) is 2.61. The molecular formula is C16H12ClN3O7. The summed E-state index contributed by atoms with van der Waals surface area (Å²) in [4.78, 5) is 44.5. The fraction of sp³-hybridized carbons (Fsp3) is 0.125. The summed E-state index contributed by atoms with van der Waals surface area (Å²) >= 11 is 5.68. The summed E-state index contributed by atoms with van der Waals surface area (Å²) in [7, 11) is 0. The van der Waals surface area contributed by atoms with Crippen LogP contribution >= 0.6 is 11.6 Å². The molecular weight excluding hydrogens is 382 g/mol. The highest BCUT2D eigenvalue weighted by Gasteiger charge is 2.25. The van der Waals surface area contributed by atoms with Crippen LogP contribution in [0.5, 0.6) is 0 Å². The fourth-order valence-electron chi connectivity index (χ4n) is 2.02. The minimum Gasteiger partial charge on any atom is -0.449 e. The molecule has 0 heterocycles. The van der Waals surface area contributed by atoms with Gasteiger partial charge in [-0.05, 0) is 31.2 Å². The minimum atomic E-state index is -1.28. The monoisotopic (exact) mass is 393 g/mol. The zero-order valence-corrected chi connectivity index (χ0v) is 14.5. The zero-order valence-electron chi connectivity index (χ0n) is 13.7. The highest BCUT2D eigenvalue weighted by atomic mass is 35.5. The molecule has 0 bridgehead atoms. The van der Waals surface area contributed by atoms with Crippen molar-refractivity contribution in [2.24, 2.45) is 0 Å². The number of hydrogen-bond acceptors (Lipinski definition) is 7. The van der Waals surface area contributed by atoms with E-state index in [0.29, 0.717) is 0 Å². The number of nitrogens with one attached hydrogen (secondary N) is 1. The Morgan fingerprint density at radius 3 is 2.26 bits per heavy atom. The van der Waals surface area contributed by atoms with Crippen molar-refractivity contribution in [3.05, 3.63) is 73.3 Å². The maximum absolute atomic E-state index is 12.1. The predicted molar refractivity (Wildman–Crippen MR) is 94.7 cm³/mol. The van der Waals surface area contributed by atoms with Crippen molar-refractivity contribution in [1.82, 2.24) is 0 Å². The van der Waals surface area contributed by atoms with Gasteiger partial charge in [0.1, 0.15) is 5.56 Å². The third kappa shape index (κ3) is 4.98. The van der Waals surface area contributed by atoms with Gasteiger partial charge in [0, 0.05) is 28.9 Å². The lowest BCUT2D eigenvalue weighted by molar-refractivity contribution is -0.385. The molecule has 0 aliphatic heterocycles. The van der Waals surface area contributed by atoms with Crippen LogP contribution in [0.4, 0.5) is 17.1 Å². The van der Waals surface area contributed by atoms with E-state index in [1.54, 1.807) is 0 Å². The SMILES string of the molecule is CC(OC(=O)c1ccc(Cl)cc1[N+](=O)[O-])C(=O)Nc1ccc([N+](=O)[O-])cc1. The van der Waals surface area contributed by atoms with Crippen LogP contribution in [0, 0.1) is 20.2 Å². The van der Waals surface area contributed by atoms with Gasteiger partial charge in [-0.2, -0.15) is 0 Å². The molecule has 0 spiro atoms. The molecule has 2 rings (SSSR count). The van der Waals surface area contributed by atoms with E-state index in [4.69, 9.17) is 16.3 Å². The first-order valence-electron chi connectivity index (χ1n) is 7.39. The summed E-state index contributed by atoms with van der Waals surface area (Å²) in [5.74, 6) is -1.78. The van der Waals surface area contributed by atoms with Gasteiger partial charge in [-0.1, -0.05) is 11.6 Å². The lowest BCUT2D eigenvalue weighted by atomic mass is 10.2. The molecule has 1 atom stereocenters. The number of amides is 1. The van der Waals surface area contributed by atoms with Crippen LogP contribution in [-0.4, -0.2) is 27.8 Å². The maximum atomic E-state index is 12.1. The van der Waals surface area contributed by atoms with Crippen LogP contribution in [0.25, 0.3) is 0 Å². The molecule has 1 amide bonds. The van der Waals surface area contributed by atoms with Crippen LogP contribution in [0.2, 0.25) is 5.02 Å². The largest absolute Gasteiger partial charge is 0.449 e. The first kappa shape index (κ1) is 19.8. The smallest absolute Gasteiger partial charge is 0.345 e. The number of nitro benzene ring substituents is 2. The zero-order chi connectivity index (χ0) is 20.1. The number of non-ortho nitro benzene ring substituents is 1. The molecule has 1 unspecified atom stereocenters. The highest BCUT2D eigenvalue weighted by Crippen LogP contribution is 2.24. The van der Waals surface area contributed by atoms with E-state index >= 15 is 0 Å². The van der Waals surface area contributed by atoms with Gasteiger partial charge in [0.25, 0.3) is 17.3 Å². The Morgan fingerprint density at radius 2 is 1.70 bits per heavy atom. The summed E-state index contributed by atoms with van der Waals surface area (Å²) < 4.78 is 4.96. The van der Waals surface area contributed by atoms with Crippen LogP contribution < -0.4 is 5.32 Å². The van der Waals surface area contributed by atoms with Crippen LogP contribution in [-0.2, 0) is 9.53 Å². The molecule has 10 nitrogen and oxygen atoms in total. The molecule has 0 aliphatic rings. The van der Waals surface area contributed by atoms with Crippen molar-refractivity contribution in [1.29, 1.82) is 0 Å². The van der Waals surface area contributed by atoms with Gasteiger partial charge in [-0.15, -0.1) is 0 Å². The number of ether oxygens (including phenoxy) is 1. The number of halogens is 1. The second-order valence-corrected chi connectivity index (χ2v) is 5.70. The summed E-state index contributed by atoms with van der Waals surface area (Å²) in [6.07, 6.45) is -1.28. The standard InChI is InChI=1S/C16H12ClN3O7/c1-9(15(21)18-11-3-5-12(6-4-11)19(23)24)27-16(22)13-7-2-10(17)8-14(13)20(25)26/h2-9H,1H3,(H,18,21). The summed E-state index contributed by atoms with van der Waals surface area (Å²) in [5.41, 5.74) is -0.789. The van der Waals surface area contributed by atoms with E-state index in [9.17, 15) is 29.8 Å². The molecule has 0 fully saturated rings. The normalized spacial score (nSPS) is 11.3. The molecule has 0 aliphatic carbocycles. The Bertz CT molecular complexity index is 915. The van der Waals surface area contributed by atoms with Gasteiger partial charge >= 0.3 is 5.97 Å². The van der Waals surface area contributed by atoms with E-state index < -0.39 is 33.5 Å². The van der Waals surface area contributed by atoms with E-state index in [-0.39, 0.29) is 22.0 Å². The quantitative estimate of drug-likeness (QED) is 0.450. The summed E-state index contributed by atoms with van der Waals surface area (Å²) in [5, 5.41) is 24.1. The molecule has 140 valence electrons. The molecule has 0 saturated heterocycles. The maximum Gasteiger partial charge on any atom is 0.345 e. The van der Waals surface area contributed by atoms with Crippen LogP contribution in [0.3, 0.4) is 0 Å². The molecule has 1 N–H and O–H groups in total. The summed E-state index contributed by atoms with van der Waals surface area (Å²) in [6, 6.07) is 8.44. The minimum absolute atomic E-state index is 0.0715. The number of esters is 1. The number of benzene rings is 2. The van der Waals surface area contributed by atoms with Gasteiger partial charge in [-0.3, -0.25) is 25.0 Å². The predicted octanol–water partition coefficient (Wildman–Crippen LogP) is 3.34. The number of nitrogens with zero attached hydrogens (tertiary/aromatic N) is 2. The van der Waals surface area contributed by atoms with E-state index in [1.165, 1.54) is 37.3 Å². The highest BCUT2D eigenvalue weighted by molar-refractivity contribution is 6.31. The van der Waals surface area contributed by atoms with Crippen LogP contribution in [0.1, 0.15) is 17.3 Å². The molecule has 0 aromatic heterocycles. The first-order valence-corrected chi connectivity index (χ1v) is 7.77. The van der Waals surface area contributed by atoms with Crippen LogP contribution in [0.15, 0.2) is 42.5 Å². The van der Waals surface area contributed by atoms with Crippen molar-refractivity contribution >= 4 is 40.5 Å². The van der Waals surface area contributed by atoms with Gasteiger partial charge < -0.3 is 10.1 Å². The number of anilines is 1. The summed E-state index contributed by atoms with van der Waals surface area (Å²) in [6.45, 7) is 1.28. The Labute approximate surface area is 157 Å². The third-order valence-electron chi connectivity index (χ3n) is 3.38. The fourth-order valence-corrected chi connectivity index (χ4v) is 2.18. The third-order valence-corrected chi connectivity index (χ3v) is 3.61. The molecule has 0 radical (unpaired) electrons. The lowest BCUT2D eigenvalue weighted by Crippen LogP contribution is -2.30. The van der Waals surface area contributed by atoms with Gasteiger partial charge in [0.05, 0.1) is 9.85 Å². The van der Waals surface area contributed by atoms with Crippen molar-refractivity contribution in [2.75, 3.05) is 5.32 Å². The topological polar surface area (TPSA) is 142 Å². The number of carbonyl (C=O) groups is 2. The van der Waals surface area contributed by atoms with Crippen molar-refractivity contribution < 1.29 is 24.2 Å². The molecule has 2 aromatic carbocycles. The Kier molecular flexibility index (Phi) is 6.03.